The van der Waals surface area contributed by atoms with Gasteiger partial charge in [0.15, 0.2) is 5.82 Å². The van der Waals surface area contributed by atoms with Crippen molar-refractivity contribution in [3.05, 3.63) is 11.8 Å². The molecule has 1 unspecified atom stereocenters. The molecule has 1 aromatic heterocycles. The third-order valence-corrected chi connectivity index (χ3v) is 4.29. The van der Waals surface area contributed by atoms with Crippen molar-refractivity contribution in [3.8, 4) is 0 Å². The average Bonchev–Trinajstić information content (AvgIpc) is 2.93. The van der Waals surface area contributed by atoms with Crippen LogP contribution in [0.3, 0.4) is 0 Å². The topological polar surface area (TPSA) is 111 Å². The smallest absolute Gasteiger partial charge is 0.328 e. The number of aryl methyl sites for hydroxylation is 1. The van der Waals surface area contributed by atoms with Crippen LogP contribution in [-0.4, -0.2) is 47.1 Å². The van der Waals surface area contributed by atoms with Gasteiger partial charge in [0.2, 0.25) is 11.8 Å². The SMILES string of the molecule is COC(=O)[C@@H](NC(=O)CSC(C)C(=O)Nc1cc(C)on1)C(C)C. The van der Waals surface area contributed by atoms with Crippen LogP contribution in [0.15, 0.2) is 10.6 Å². The maximum Gasteiger partial charge on any atom is 0.328 e. The molecule has 8 nitrogen and oxygen atoms in total. The van der Waals surface area contributed by atoms with Crippen LogP contribution >= 0.6 is 11.8 Å². The minimum atomic E-state index is -0.703. The number of thioether (sulfide) groups is 1. The first-order valence-electron chi connectivity index (χ1n) is 7.47. The first-order valence-corrected chi connectivity index (χ1v) is 8.52. The standard InChI is InChI=1S/C15H23N3O5S/c1-8(2)13(15(21)22-5)17-12(19)7-24-10(4)14(20)16-11-6-9(3)23-18-11/h6,8,10,13H,7H2,1-5H3,(H,17,19)(H,16,18,20)/t10?,13-/m0/s1. The predicted octanol–water partition coefficient (Wildman–Crippen LogP) is 1.36. The van der Waals surface area contributed by atoms with E-state index in [0.29, 0.717) is 11.6 Å². The van der Waals surface area contributed by atoms with Crippen molar-refractivity contribution < 1.29 is 23.6 Å². The van der Waals surface area contributed by atoms with Gasteiger partial charge in [-0.05, 0) is 19.8 Å². The van der Waals surface area contributed by atoms with Gasteiger partial charge in [-0.2, -0.15) is 0 Å². The lowest BCUT2D eigenvalue weighted by Gasteiger charge is -2.20. The van der Waals surface area contributed by atoms with Crippen molar-refractivity contribution >= 4 is 35.4 Å². The van der Waals surface area contributed by atoms with Crippen LogP contribution in [0.2, 0.25) is 0 Å². The quantitative estimate of drug-likeness (QED) is 0.676. The number of nitrogens with zero attached hydrogens (tertiary/aromatic N) is 1. The summed E-state index contributed by atoms with van der Waals surface area (Å²) in [5.41, 5.74) is 0. The van der Waals surface area contributed by atoms with E-state index in [2.05, 4.69) is 20.5 Å². The summed E-state index contributed by atoms with van der Waals surface area (Å²) >= 11 is 1.16. The van der Waals surface area contributed by atoms with Crippen molar-refractivity contribution in [3.63, 3.8) is 0 Å². The summed E-state index contributed by atoms with van der Waals surface area (Å²) in [6.07, 6.45) is 0. The van der Waals surface area contributed by atoms with Crippen molar-refractivity contribution in [2.75, 3.05) is 18.2 Å². The molecule has 0 aliphatic rings. The number of methoxy groups -OCH3 is 1. The van der Waals surface area contributed by atoms with Crippen LogP contribution in [0.5, 0.6) is 0 Å². The fourth-order valence-corrected chi connectivity index (χ4v) is 2.46. The summed E-state index contributed by atoms with van der Waals surface area (Å²) in [7, 11) is 1.27. The highest BCUT2D eigenvalue weighted by molar-refractivity contribution is 8.01. The number of amides is 2. The Kier molecular flexibility index (Phi) is 7.76. The highest BCUT2D eigenvalue weighted by atomic mass is 32.2. The molecule has 24 heavy (non-hydrogen) atoms. The van der Waals surface area contributed by atoms with Gasteiger partial charge in [0.1, 0.15) is 11.8 Å². The molecule has 0 fully saturated rings. The number of carbonyl (C=O) groups excluding carboxylic acids is 3. The van der Waals surface area contributed by atoms with Crippen molar-refractivity contribution in [1.82, 2.24) is 10.5 Å². The van der Waals surface area contributed by atoms with E-state index < -0.39 is 17.3 Å². The molecule has 2 N–H and O–H groups in total. The third-order valence-electron chi connectivity index (χ3n) is 3.15. The number of hydrogen-bond donors (Lipinski definition) is 2. The van der Waals surface area contributed by atoms with Gasteiger partial charge in [-0.25, -0.2) is 4.79 Å². The maximum atomic E-state index is 12.0. The Labute approximate surface area is 145 Å². The van der Waals surface area contributed by atoms with Crippen LogP contribution in [0.4, 0.5) is 5.82 Å². The summed E-state index contributed by atoms with van der Waals surface area (Å²) in [5, 5.41) is 8.43. The van der Waals surface area contributed by atoms with Gasteiger partial charge in [-0.3, -0.25) is 9.59 Å². The lowest BCUT2D eigenvalue weighted by molar-refractivity contribution is -0.146. The number of rotatable bonds is 8. The van der Waals surface area contributed by atoms with E-state index in [1.165, 1.54) is 7.11 Å². The molecule has 0 saturated carbocycles. The van der Waals surface area contributed by atoms with Crippen molar-refractivity contribution in [1.29, 1.82) is 0 Å². The second kappa shape index (κ2) is 9.31. The second-order valence-electron chi connectivity index (χ2n) is 5.58. The Morgan fingerprint density at radius 1 is 1.33 bits per heavy atom. The zero-order valence-electron chi connectivity index (χ0n) is 14.4. The Hall–Kier alpha value is -2.03. The molecule has 1 heterocycles. The average molecular weight is 357 g/mol. The Morgan fingerprint density at radius 2 is 2.00 bits per heavy atom. The van der Waals surface area contributed by atoms with Crippen LogP contribution in [-0.2, 0) is 19.1 Å². The number of anilines is 1. The summed E-state index contributed by atoms with van der Waals surface area (Å²) in [6, 6.07) is 0.899. The summed E-state index contributed by atoms with van der Waals surface area (Å²) in [4.78, 5) is 35.6. The normalized spacial score (nSPS) is 13.2. The highest BCUT2D eigenvalue weighted by Crippen LogP contribution is 2.14. The zero-order valence-corrected chi connectivity index (χ0v) is 15.2. The Morgan fingerprint density at radius 3 is 2.50 bits per heavy atom. The fourth-order valence-electron chi connectivity index (χ4n) is 1.77. The molecule has 0 saturated heterocycles. The van der Waals surface area contributed by atoms with Gasteiger partial charge in [0, 0.05) is 6.07 Å². The van der Waals surface area contributed by atoms with Gasteiger partial charge < -0.3 is 19.9 Å². The van der Waals surface area contributed by atoms with E-state index in [1.807, 2.05) is 13.8 Å². The molecule has 2 amide bonds. The number of nitrogens with one attached hydrogen (secondary N) is 2. The van der Waals surface area contributed by atoms with Gasteiger partial charge in [0.25, 0.3) is 0 Å². The van der Waals surface area contributed by atoms with Crippen molar-refractivity contribution in [2.45, 2.75) is 39.0 Å². The Balaban J connectivity index is 2.44. The molecule has 9 heteroatoms. The highest BCUT2D eigenvalue weighted by Gasteiger charge is 2.25. The first-order chi connectivity index (χ1) is 11.2. The van der Waals surface area contributed by atoms with Gasteiger partial charge in [0.05, 0.1) is 18.1 Å². The molecule has 1 aromatic rings. The number of hydrogen-bond acceptors (Lipinski definition) is 7. The number of carbonyl (C=O) groups is 3. The van der Waals surface area contributed by atoms with Crippen LogP contribution in [0.25, 0.3) is 0 Å². The summed E-state index contributed by atoms with van der Waals surface area (Å²) < 4.78 is 9.53. The van der Waals surface area contributed by atoms with Crippen LogP contribution in [0, 0.1) is 12.8 Å². The monoisotopic (exact) mass is 357 g/mol. The van der Waals surface area contributed by atoms with Gasteiger partial charge in [-0.1, -0.05) is 19.0 Å². The minimum absolute atomic E-state index is 0.0483. The largest absolute Gasteiger partial charge is 0.467 e. The zero-order chi connectivity index (χ0) is 18.3. The number of ether oxygens (including phenoxy) is 1. The lowest BCUT2D eigenvalue weighted by Crippen LogP contribution is -2.45. The lowest BCUT2D eigenvalue weighted by atomic mass is 10.1. The fraction of sp³-hybridized carbons (Fsp3) is 0.600. The van der Waals surface area contributed by atoms with E-state index in [0.717, 1.165) is 11.8 Å². The number of esters is 1. The van der Waals surface area contributed by atoms with E-state index in [9.17, 15) is 14.4 Å². The molecule has 134 valence electrons. The molecule has 0 aliphatic carbocycles. The van der Waals surface area contributed by atoms with Gasteiger partial charge >= 0.3 is 5.97 Å². The van der Waals surface area contributed by atoms with Gasteiger partial charge in [-0.15, -0.1) is 11.8 Å². The van der Waals surface area contributed by atoms with Crippen LogP contribution < -0.4 is 10.6 Å². The molecule has 1 rings (SSSR count). The number of aromatic nitrogens is 1. The first kappa shape index (κ1) is 20.0. The maximum absolute atomic E-state index is 12.0. The molecular formula is C15H23N3O5S. The van der Waals surface area contributed by atoms with E-state index in [-0.39, 0.29) is 23.5 Å². The predicted molar refractivity (Wildman–Crippen MR) is 90.6 cm³/mol. The molecule has 0 bridgehead atoms. The molecule has 2 atom stereocenters. The third kappa shape index (κ3) is 6.23. The second-order valence-corrected chi connectivity index (χ2v) is 6.91. The van der Waals surface area contributed by atoms with E-state index >= 15 is 0 Å². The van der Waals surface area contributed by atoms with E-state index in [4.69, 9.17) is 4.52 Å². The molecule has 0 aromatic carbocycles. The summed E-state index contributed by atoms with van der Waals surface area (Å²) in [6.45, 7) is 7.02. The molecular weight excluding hydrogens is 334 g/mol. The Bertz CT molecular complexity index is 587. The summed E-state index contributed by atoms with van der Waals surface area (Å²) in [5.74, 6) is -0.229. The molecule has 0 aliphatic heterocycles. The minimum Gasteiger partial charge on any atom is -0.467 e. The molecule has 0 spiro atoms. The van der Waals surface area contributed by atoms with Crippen LogP contribution in [0.1, 0.15) is 26.5 Å². The molecule has 0 radical (unpaired) electrons. The van der Waals surface area contributed by atoms with E-state index in [1.54, 1.807) is 19.9 Å². The van der Waals surface area contributed by atoms with Crippen molar-refractivity contribution in [2.24, 2.45) is 5.92 Å².